The average molecular weight is 371 g/mol. The van der Waals surface area contributed by atoms with Crippen LogP contribution in [-0.4, -0.2) is 11.1 Å². The number of anilines is 1. The van der Waals surface area contributed by atoms with E-state index in [9.17, 15) is 9.90 Å². The van der Waals surface area contributed by atoms with Crippen molar-refractivity contribution in [1.82, 2.24) is 0 Å². The Morgan fingerprint density at radius 3 is 2.50 bits per heavy atom. The second kappa shape index (κ2) is 7.45. The normalized spacial score (nSPS) is 10.5. The first-order valence-corrected chi connectivity index (χ1v) is 8.23. The number of hydrogen-bond acceptors (Lipinski definition) is 2. The van der Waals surface area contributed by atoms with Gasteiger partial charge in [0.2, 0.25) is 0 Å². The van der Waals surface area contributed by atoms with Crippen LogP contribution in [0.25, 0.3) is 11.1 Å². The van der Waals surface area contributed by atoms with Gasteiger partial charge in [0.25, 0.3) is 0 Å². The number of aromatic hydroxyl groups is 1. The van der Waals surface area contributed by atoms with Gasteiger partial charge in [-0.3, -0.25) is 0 Å². The molecule has 132 valence electrons. The first kappa shape index (κ1) is 17.8. The molecule has 0 saturated heterocycles. The number of phenols is 1. The molecular formula is C20H16ClFN2O2. The summed E-state index contributed by atoms with van der Waals surface area (Å²) in [7, 11) is 0. The molecule has 0 aromatic heterocycles. The van der Waals surface area contributed by atoms with Gasteiger partial charge in [-0.2, -0.15) is 0 Å². The molecule has 0 fully saturated rings. The standard InChI is InChI=1S/C20H16ClFN2O2/c21-15-3-1-2-13(11-15)18-17(25)9-6-14(19(18)22)10-12-4-7-16(8-5-12)24-20(23)26/h1-9,11,25H,10H2,(H3,23,24,26). The molecule has 0 aliphatic carbocycles. The number of halogens is 2. The topological polar surface area (TPSA) is 75.4 Å². The van der Waals surface area contributed by atoms with Crippen molar-refractivity contribution < 1.29 is 14.3 Å². The van der Waals surface area contributed by atoms with E-state index >= 15 is 4.39 Å². The van der Waals surface area contributed by atoms with Crippen molar-refractivity contribution in [3.05, 3.63) is 82.6 Å². The van der Waals surface area contributed by atoms with Crippen LogP contribution in [0.4, 0.5) is 14.9 Å². The summed E-state index contributed by atoms with van der Waals surface area (Å²) in [4.78, 5) is 10.8. The Kier molecular flexibility index (Phi) is 5.09. The van der Waals surface area contributed by atoms with Gasteiger partial charge in [-0.25, -0.2) is 9.18 Å². The Balaban J connectivity index is 1.92. The maximum Gasteiger partial charge on any atom is 0.316 e. The van der Waals surface area contributed by atoms with E-state index in [0.29, 0.717) is 28.3 Å². The van der Waals surface area contributed by atoms with Crippen LogP contribution < -0.4 is 11.1 Å². The van der Waals surface area contributed by atoms with E-state index in [1.54, 1.807) is 54.6 Å². The lowest BCUT2D eigenvalue weighted by Gasteiger charge is -2.12. The summed E-state index contributed by atoms with van der Waals surface area (Å²) in [5.41, 5.74) is 7.55. The van der Waals surface area contributed by atoms with Gasteiger partial charge in [0.1, 0.15) is 11.6 Å². The van der Waals surface area contributed by atoms with E-state index in [1.165, 1.54) is 6.07 Å². The van der Waals surface area contributed by atoms with Crippen molar-refractivity contribution in [3.63, 3.8) is 0 Å². The van der Waals surface area contributed by atoms with Crippen LogP contribution in [0.5, 0.6) is 5.75 Å². The molecule has 3 aromatic carbocycles. The predicted molar refractivity (Wildman–Crippen MR) is 101 cm³/mol. The molecule has 26 heavy (non-hydrogen) atoms. The second-order valence-electron chi connectivity index (χ2n) is 5.81. The molecular weight excluding hydrogens is 355 g/mol. The number of primary amides is 1. The largest absolute Gasteiger partial charge is 0.507 e. The van der Waals surface area contributed by atoms with Gasteiger partial charge in [0.15, 0.2) is 0 Å². The SMILES string of the molecule is NC(=O)Nc1ccc(Cc2ccc(O)c(-c3cccc(Cl)c3)c2F)cc1. The third kappa shape index (κ3) is 3.95. The summed E-state index contributed by atoms with van der Waals surface area (Å²) in [6.45, 7) is 0. The highest BCUT2D eigenvalue weighted by molar-refractivity contribution is 6.30. The Labute approximate surface area is 155 Å². The Hall–Kier alpha value is -3.05. The van der Waals surface area contributed by atoms with Crippen molar-refractivity contribution >= 4 is 23.3 Å². The molecule has 0 aliphatic heterocycles. The number of phenolic OH excluding ortho intramolecular Hbond substituents is 1. The fraction of sp³-hybridized carbons (Fsp3) is 0.0500. The number of urea groups is 1. The molecule has 6 heteroatoms. The molecule has 4 N–H and O–H groups in total. The smallest absolute Gasteiger partial charge is 0.316 e. The molecule has 0 spiro atoms. The molecule has 0 unspecified atom stereocenters. The lowest BCUT2D eigenvalue weighted by atomic mass is 9.97. The highest BCUT2D eigenvalue weighted by Crippen LogP contribution is 2.35. The van der Waals surface area contributed by atoms with E-state index in [2.05, 4.69) is 5.32 Å². The first-order chi connectivity index (χ1) is 12.4. The van der Waals surface area contributed by atoms with Gasteiger partial charge in [-0.05, 0) is 47.0 Å². The Bertz CT molecular complexity index is 959. The number of hydrogen-bond donors (Lipinski definition) is 3. The van der Waals surface area contributed by atoms with E-state index in [0.717, 1.165) is 5.56 Å². The molecule has 4 nitrogen and oxygen atoms in total. The summed E-state index contributed by atoms with van der Waals surface area (Å²) in [6, 6.07) is 16.0. The summed E-state index contributed by atoms with van der Waals surface area (Å²) in [5.74, 6) is -0.638. The summed E-state index contributed by atoms with van der Waals surface area (Å²) in [5, 5.41) is 13.0. The van der Waals surface area contributed by atoms with Crippen molar-refractivity contribution in [3.8, 4) is 16.9 Å². The average Bonchev–Trinajstić information content (AvgIpc) is 2.59. The Morgan fingerprint density at radius 1 is 1.12 bits per heavy atom. The number of benzene rings is 3. The van der Waals surface area contributed by atoms with E-state index < -0.39 is 11.8 Å². The van der Waals surface area contributed by atoms with Crippen molar-refractivity contribution in [2.24, 2.45) is 5.73 Å². The van der Waals surface area contributed by atoms with Crippen LogP contribution >= 0.6 is 11.6 Å². The monoisotopic (exact) mass is 370 g/mol. The summed E-state index contributed by atoms with van der Waals surface area (Å²) < 4.78 is 15.0. The first-order valence-electron chi connectivity index (χ1n) is 7.85. The van der Waals surface area contributed by atoms with Gasteiger partial charge >= 0.3 is 6.03 Å². The molecule has 0 radical (unpaired) electrons. The van der Waals surface area contributed by atoms with Gasteiger partial charge in [-0.15, -0.1) is 0 Å². The number of rotatable bonds is 4. The zero-order valence-corrected chi connectivity index (χ0v) is 14.4. The molecule has 2 amide bonds. The zero-order valence-electron chi connectivity index (χ0n) is 13.7. The molecule has 0 saturated carbocycles. The zero-order chi connectivity index (χ0) is 18.7. The summed E-state index contributed by atoms with van der Waals surface area (Å²) in [6.07, 6.45) is 0.330. The molecule has 0 aliphatic rings. The fourth-order valence-corrected chi connectivity index (χ4v) is 2.92. The number of nitrogens with two attached hydrogens (primary N) is 1. The van der Waals surface area contributed by atoms with Crippen molar-refractivity contribution in [2.45, 2.75) is 6.42 Å². The van der Waals surface area contributed by atoms with Crippen LogP contribution in [0.3, 0.4) is 0 Å². The van der Waals surface area contributed by atoms with Crippen LogP contribution in [-0.2, 0) is 6.42 Å². The van der Waals surface area contributed by atoms with Crippen LogP contribution in [0.2, 0.25) is 5.02 Å². The van der Waals surface area contributed by atoms with Crippen molar-refractivity contribution in [2.75, 3.05) is 5.32 Å². The quantitative estimate of drug-likeness (QED) is 0.608. The molecule has 0 heterocycles. The van der Waals surface area contributed by atoms with Crippen LogP contribution in [0.15, 0.2) is 60.7 Å². The van der Waals surface area contributed by atoms with E-state index in [4.69, 9.17) is 17.3 Å². The highest BCUT2D eigenvalue weighted by Gasteiger charge is 2.15. The van der Waals surface area contributed by atoms with Crippen LogP contribution in [0, 0.1) is 5.82 Å². The van der Waals surface area contributed by atoms with Crippen LogP contribution in [0.1, 0.15) is 11.1 Å². The fourth-order valence-electron chi connectivity index (χ4n) is 2.73. The minimum Gasteiger partial charge on any atom is -0.507 e. The minimum atomic E-state index is -0.645. The predicted octanol–water partition coefficient (Wildman–Crippen LogP) is 4.93. The van der Waals surface area contributed by atoms with Crippen molar-refractivity contribution in [1.29, 1.82) is 0 Å². The van der Waals surface area contributed by atoms with Gasteiger partial charge in [-0.1, -0.05) is 41.9 Å². The Morgan fingerprint density at radius 2 is 1.85 bits per heavy atom. The van der Waals surface area contributed by atoms with E-state index in [1.807, 2.05) is 0 Å². The minimum absolute atomic E-state index is 0.122. The number of carbonyl (C=O) groups is 1. The molecule has 3 rings (SSSR count). The van der Waals surface area contributed by atoms with Gasteiger partial charge in [0, 0.05) is 17.1 Å². The number of nitrogens with one attached hydrogen (secondary N) is 1. The molecule has 0 bridgehead atoms. The lowest BCUT2D eigenvalue weighted by Crippen LogP contribution is -2.19. The summed E-state index contributed by atoms with van der Waals surface area (Å²) >= 11 is 5.98. The lowest BCUT2D eigenvalue weighted by molar-refractivity contribution is 0.259. The third-order valence-electron chi connectivity index (χ3n) is 3.93. The van der Waals surface area contributed by atoms with Gasteiger partial charge in [0.05, 0.1) is 5.56 Å². The van der Waals surface area contributed by atoms with Gasteiger partial charge < -0.3 is 16.2 Å². The second-order valence-corrected chi connectivity index (χ2v) is 6.24. The van der Waals surface area contributed by atoms with E-state index in [-0.39, 0.29) is 11.3 Å². The molecule has 3 aromatic rings. The maximum absolute atomic E-state index is 15.0. The molecule has 0 atom stereocenters. The number of amides is 2. The number of carbonyl (C=O) groups excluding carboxylic acids is 1. The third-order valence-corrected chi connectivity index (χ3v) is 4.16. The maximum atomic E-state index is 15.0. The highest BCUT2D eigenvalue weighted by atomic mass is 35.5.